The average molecular weight is 1060 g/mol. The zero-order valence-electron chi connectivity index (χ0n) is 50.3. The molecule has 0 amide bonds. The summed E-state index contributed by atoms with van der Waals surface area (Å²) in [5, 5.41) is 0. The minimum Gasteiger partial charge on any atom is -0.462 e. The van der Waals surface area contributed by atoms with Gasteiger partial charge < -0.3 is 14.2 Å². The van der Waals surface area contributed by atoms with Gasteiger partial charge in [-0.3, -0.25) is 14.4 Å². The van der Waals surface area contributed by atoms with Gasteiger partial charge in [-0.15, -0.1) is 0 Å². The van der Waals surface area contributed by atoms with E-state index in [9.17, 15) is 14.4 Å². The van der Waals surface area contributed by atoms with Crippen LogP contribution in [0.25, 0.3) is 0 Å². The number of hydrogen-bond acceptors (Lipinski definition) is 6. The number of unbranched alkanes of at least 4 members (excludes halogenated alkanes) is 34. The number of rotatable bonds is 59. The lowest BCUT2D eigenvalue weighted by Gasteiger charge is -2.18. The molecular weight excluding hydrogens is 937 g/mol. The molecule has 0 fully saturated rings. The first kappa shape index (κ1) is 72.6. The predicted molar refractivity (Wildman–Crippen MR) is 330 cm³/mol. The van der Waals surface area contributed by atoms with E-state index >= 15 is 0 Å². The summed E-state index contributed by atoms with van der Waals surface area (Å²) in [6.45, 7) is 6.54. The van der Waals surface area contributed by atoms with Crippen molar-refractivity contribution in [3.05, 3.63) is 85.1 Å². The van der Waals surface area contributed by atoms with Crippen molar-refractivity contribution in [1.82, 2.24) is 0 Å². The van der Waals surface area contributed by atoms with Crippen molar-refractivity contribution in [2.75, 3.05) is 13.2 Å². The van der Waals surface area contributed by atoms with E-state index in [1.807, 2.05) is 0 Å². The predicted octanol–water partition coefficient (Wildman–Crippen LogP) is 22.3. The molecule has 0 heterocycles. The van der Waals surface area contributed by atoms with E-state index in [1.54, 1.807) is 0 Å². The summed E-state index contributed by atoms with van der Waals surface area (Å²) in [5.74, 6) is -0.902. The Morgan fingerprint density at radius 1 is 0.276 bits per heavy atom. The molecule has 6 nitrogen and oxygen atoms in total. The number of allylic oxidation sites excluding steroid dienone is 14. The standard InChI is InChI=1S/C70H122O6/c1-4-7-10-13-16-19-22-25-27-29-31-33-34-35-36-38-39-41-43-45-48-51-54-57-60-63-69(72)75-66-67(65-74-68(71)62-59-56-53-50-47-24-21-18-15-12-9-6-3)76-70(73)64-61-58-55-52-49-46-44-42-40-37-32-30-28-26-23-20-17-14-11-8-5-2/h7,10,16,19,25,27,31,33,35-36,39,41,45,48,67H,4-6,8-9,11-15,17-18,20-24,26,28-30,32,34,37-38,40,42-44,46-47,49-66H2,1-3H3/b10-7-,19-16-,27-25-,33-31-,36-35-,41-39-,48-45-. The van der Waals surface area contributed by atoms with Crippen LogP contribution in [0.4, 0.5) is 0 Å². The van der Waals surface area contributed by atoms with Gasteiger partial charge in [0, 0.05) is 19.3 Å². The van der Waals surface area contributed by atoms with E-state index in [4.69, 9.17) is 14.2 Å². The van der Waals surface area contributed by atoms with Gasteiger partial charge in [-0.1, -0.05) is 311 Å². The van der Waals surface area contributed by atoms with Crippen LogP contribution in [0.2, 0.25) is 0 Å². The van der Waals surface area contributed by atoms with Gasteiger partial charge in [0.1, 0.15) is 13.2 Å². The number of carbonyl (C=O) groups is 3. The van der Waals surface area contributed by atoms with Crippen LogP contribution in [0.1, 0.15) is 323 Å². The van der Waals surface area contributed by atoms with Crippen LogP contribution in [0.3, 0.4) is 0 Å². The molecule has 0 aliphatic carbocycles. The molecule has 0 aliphatic rings. The minimum atomic E-state index is -0.788. The summed E-state index contributed by atoms with van der Waals surface area (Å²) in [4.78, 5) is 38.3. The number of esters is 3. The largest absolute Gasteiger partial charge is 0.462 e. The maximum absolute atomic E-state index is 12.9. The molecule has 1 atom stereocenters. The van der Waals surface area contributed by atoms with Crippen molar-refractivity contribution < 1.29 is 28.6 Å². The summed E-state index contributed by atoms with van der Waals surface area (Å²) in [7, 11) is 0. The average Bonchev–Trinajstić information content (AvgIpc) is 3.42. The summed E-state index contributed by atoms with van der Waals surface area (Å²) in [6.07, 6.45) is 84.5. The maximum Gasteiger partial charge on any atom is 0.306 e. The summed E-state index contributed by atoms with van der Waals surface area (Å²) >= 11 is 0. The molecule has 0 bridgehead atoms. The summed E-state index contributed by atoms with van der Waals surface area (Å²) < 4.78 is 16.9. The van der Waals surface area contributed by atoms with E-state index < -0.39 is 6.10 Å². The molecule has 0 saturated heterocycles. The molecule has 0 aromatic carbocycles. The third-order valence-corrected chi connectivity index (χ3v) is 14.2. The molecule has 0 aromatic heterocycles. The molecule has 76 heavy (non-hydrogen) atoms. The second kappa shape index (κ2) is 64.1. The van der Waals surface area contributed by atoms with Crippen LogP contribution in [0.5, 0.6) is 0 Å². The Morgan fingerprint density at radius 3 is 0.803 bits per heavy atom. The highest BCUT2D eigenvalue weighted by Crippen LogP contribution is 2.17. The van der Waals surface area contributed by atoms with E-state index in [0.717, 1.165) is 109 Å². The third-order valence-electron chi connectivity index (χ3n) is 14.2. The quantitative estimate of drug-likeness (QED) is 0.0261. The van der Waals surface area contributed by atoms with Crippen molar-refractivity contribution >= 4 is 17.9 Å². The van der Waals surface area contributed by atoms with Crippen LogP contribution in [0, 0.1) is 0 Å². The Balaban J connectivity index is 4.36. The molecule has 0 rings (SSSR count). The lowest BCUT2D eigenvalue weighted by Crippen LogP contribution is -2.30. The lowest BCUT2D eigenvalue weighted by molar-refractivity contribution is -0.167. The number of carbonyl (C=O) groups excluding carboxylic acids is 3. The Hall–Kier alpha value is -3.41. The lowest BCUT2D eigenvalue weighted by atomic mass is 10.0. The topological polar surface area (TPSA) is 78.9 Å². The van der Waals surface area contributed by atoms with Gasteiger partial charge in [0.25, 0.3) is 0 Å². The molecule has 6 heteroatoms. The molecular formula is C70H122O6. The Morgan fingerprint density at radius 2 is 0.513 bits per heavy atom. The van der Waals surface area contributed by atoms with Crippen molar-refractivity contribution in [2.45, 2.75) is 329 Å². The van der Waals surface area contributed by atoms with Crippen LogP contribution in [0.15, 0.2) is 85.1 Å². The Kier molecular flexibility index (Phi) is 61.2. The van der Waals surface area contributed by atoms with Crippen LogP contribution >= 0.6 is 0 Å². The highest BCUT2D eigenvalue weighted by atomic mass is 16.6. The first-order valence-electron chi connectivity index (χ1n) is 32.6. The normalized spacial score (nSPS) is 12.6. The highest BCUT2D eigenvalue weighted by molar-refractivity contribution is 5.71. The molecule has 0 spiro atoms. The molecule has 0 aliphatic heterocycles. The van der Waals surface area contributed by atoms with Crippen molar-refractivity contribution in [3.8, 4) is 0 Å². The van der Waals surface area contributed by atoms with Crippen molar-refractivity contribution in [1.29, 1.82) is 0 Å². The monoisotopic (exact) mass is 1060 g/mol. The van der Waals surface area contributed by atoms with E-state index in [0.29, 0.717) is 19.3 Å². The van der Waals surface area contributed by atoms with Crippen molar-refractivity contribution in [3.63, 3.8) is 0 Å². The molecule has 0 radical (unpaired) electrons. The first-order valence-corrected chi connectivity index (χ1v) is 32.6. The Labute approximate surface area is 471 Å². The molecule has 0 aromatic rings. The van der Waals surface area contributed by atoms with Gasteiger partial charge in [0.2, 0.25) is 0 Å². The molecule has 0 N–H and O–H groups in total. The number of ether oxygens (including phenoxy) is 3. The fourth-order valence-corrected chi connectivity index (χ4v) is 9.31. The van der Waals surface area contributed by atoms with Crippen molar-refractivity contribution in [2.24, 2.45) is 0 Å². The smallest absolute Gasteiger partial charge is 0.306 e. The highest BCUT2D eigenvalue weighted by Gasteiger charge is 2.19. The molecule has 1 unspecified atom stereocenters. The SMILES string of the molecule is CC/C=C\C/C=C\C/C=C\C/C=C\C/C=C\C/C=C\C/C=C\CCCCCC(=O)OCC(COC(=O)CCCCCCCCCCCCCC)OC(=O)CCCCCCCCCCCCCCCCCCCCCCC. The molecule has 438 valence electrons. The van der Waals surface area contributed by atoms with E-state index in [1.165, 1.54) is 173 Å². The second-order valence-corrected chi connectivity index (χ2v) is 21.7. The van der Waals surface area contributed by atoms with Crippen LogP contribution < -0.4 is 0 Å². The number of hydrogen-bond donors (Lipinski definition) is 0. The fraction of sp³-hybridized carbons (Fsp3) is 0.757. The van der Waals surface area contributed by atoms with E-state index in [2.05, 4.69) is 106 Å². The third kappa shape index (κ3) is 61.4. The fourth-order valence-electron chi connectivity index (χ4n) is 9.31. The summed E-state index contributed by atoms with van der Waals surface area (Å²) in [6, 6.07) is 0. The first-order chi connectivity index (χ1) is 37.5. The second-order valence-electron chi connectivity index (χ2n) is 21.7. The van der Waals surface area contributed by atoms with Crippen LogP contribution in [-0.4, -0.2) is 37.2 Å². The van der Waals surface area contributed by atoms with Gasteiger partial charge in [0.15, 0.2) is 6.10 Å². The minimum absolute atomic E-state index is 0.0830. The van der Waals surface area contributed by atoms with Gasteiger partial charge in [-0.2, -0.15) is 0 Å². The van der Waals surface area contributed by atoms with Gasteiger partial charge in [-0.25, -0.2) is 0 Å². The Bertz CT molecular complexity index is 1450. The van der Waals surface area contributed by atoms with Gasteiger partial charge in [-0.05, 0) is 77.0 Å². The zero-order chi connectivity index (χ0) is 55.0. The van der Waals surface area contributed by atoms with Gasteiger partial charge >= 0.3 is 17.9 Å². The van der Waals surface area contributed by atoms with Gasteiger partial charge in [0.05, 0.1) is 0 Å². The zero-order valence-corrected chi connectivity index (χ0v) is 50.3. The maximum atomic E-state index is 12.9. The van der Waals surface area contributed by atoms with Crippen LogP contribution in [-0.2, 0) is 28.6 Å². The molecule has 0 saturated carbocycles. The summed E-state index contributed by atoms with van der Waals surface area (Å²) in [5.41, 5.74) is 0. The van der Waals surface area contributed by atoms with E-state index in [-0.39, 0.29) is 31.1 Å².